The molecule has 1 aromatic carbocycles. The quantitative estimate of drug-likeness (QED) is 0.814. The molecule has 0 radical (unpaired) electrons. The molecule has 4 nitrogen and oxygen atoms in total. The lowest BCUT2D eigenvalue weighted by molar-refractivity contribution is 0.0758. The number of rotatable bonds is 3. The first-order valence-corrected chi connectivity index (χ1v) is 8.70. The highest BCUT2D eigenvalue weighted by Crippen LogP contribution is 2.20. The first kappa shape index (κ1) is 15.9. The molecule has 0 N–H and O–H groups in total. The smallest absolute Gasteiger partial charge is 0.254 e. The van der Waals surface area contributed by atoms with E-state index in [-0.39, 0.29) is 11.7 Å². The van der Waals surface area contributed by atoms with Gasteiger partial charge in [0.05, 0.1) is 10.4 Å². The number of nitrogens with zero attached hydrogens (tertiary/aromatic N) is 2. The molecule has 120 valence electrons. The van der Waals surface area contributed by atoms with Crippen molar-refractivity contribution in [2.75, 3.05) is 33.2 Å². The first-order valence-electron chi connectivity index (χ1n) is 7.82. The van der Waals surface area contributed by atoms with Gasteiger partial charge in [0.1, 0.15) is 0 Å². The van der Waals surface area contributed by atoms with Crippen LogP contribution in [0.25, 0.3) is 0 Å². The van der Waals surface area contributed by atoms with E-state index >= 15 is 0 Å². The lowest BCUT2D eigenvalue weighted by Crippen LogP contribution is -2.35. The lowest BCUT2D eigenvalue weighted by Gasteiger charge is -2.21. The van der Waals surface area contributed by atoms with Gasteiger partial charge in [0.25, 0.3) is 5.91 Å². The van der Waals surface area contributed by atoms with Crippen LogP contribution in [0, 0.1) is 0 Å². The summed E-state index contributed by atoms with van der Waals surface area (Å²) in [6, 6.07) is 10.8. The van der Waals surface area contributed by atoms with Gasteiger partial charge in [-0.1, -0.05) is 24.3 Å². The Morgan fingerprint density at radius 2 is 1.74 bits per heavy atom. The predicted octanol–water partition coefficient (Wildman–Crippen LogP) is 2.76. The summed E-state index contributed by atoms with van der Waals surface area (Å²) in [5.41, 5.74) is 1.01. The maximum atomic E-state index is 12.9. The molecule has 1 aliphatic heterocycles. The van der Waals surface area contributed by atoms with E-state index in [2.05, 4.69) is 11.9 Å². The van der Waals surface area contributed by atoms with Crippen LogP contribution in [0.2, 0.25) is 0 Å². The second-order valence-electron chi connectivity index (χ2n) is 5.80. The highest BCUT2D eigenvalue weighted by atomic mass is 32.1. The van der Waals surface area contributed by atoms with E-state index < -0.39 is 0 Å². The summed E-state index contributed by atoms with van der Waals surface area (Å²) in [6.45, 7) is 3.31. The fraction of sp³-hybridized carbons (Fsp3) is 0.333. The first-order chi connectivity index (χ1) is 11.2. The molecule has 23 heavy (non-hydrogen) atoms. The molecule has 1 aliphatic rings. The minimum absolute atomic E-state index is 0.0409. The monoisotopic (exact) mass is 328 g/mol. The van der Waals surface area contributed by atoms with Crippen LogP contribution in [0.15, 0.2) is 41.8 Å². The third kappa shape index (κ3) is 3.51. The Kier molecular flexibility index (Phi) is 4.88. The third-order valence-electron chi connectivity index (χ3n) is 4.15. The minimum atomic E-state index is -0.0733. The Morgan fingerprint density at radius 1 is 0.957 bits per heavy atom. The molecule has 2 heterocycles. The zero-order chi connectivity index (χ0) is 16.2. The average Bonchev–Trinajstić information content (AvgIpc) is 3.03. The highest BCUT2D eigenvalue weighted by molar-refractivity contribution is 7.12. The van der Waals surface area contributed by atoms with Gasteiger partial charge in [-0.2, -0.15) is 0 Å². The molecule has 5 heteroatoms. The van der Waals surface area contributed by atoms with Crippen LogP contribution in [-0.4, -0.2) is 54.7 Å². The average molecular weight is 328 g/mol. The van der Waals surface area contributed by atoms with E-state index in [0.717, 1.165) is 26.1 Å². The third-order valence-corrected chi connectivity index (χ3v) is 5.02. The fourth-order valence-corrected chi connectivity index (χ4v) is 3.51. The van der Waals surface area contributed by atoms with Gasteiger partial charge in [-0.15, -0.1) is 11.3 Å². The van der Waals surface area contributed by atoms with Gasteiger partial charge in [-0.3, -0.25) is 9.59 Å². The van der Waals surface area contributed by atoms with Gasteiger partial charge < -0.3 is 9.80 Å². The molecule has 1 aromatic heterocycles. The van der Waals surface area contributed by atoms with E-state index in [0.29, 0.717) is 22.5 Å². The number of amides is 1. The maximum absolute atomic E-state index is 12.9. The molecule has 2 aromatic rings. The molecule has 0 bridgehead atoms. The van der Waals surface area contributed by atoms with E-state index in [4.69, 9.17) is 0 Å². The number of likely N-dealkylation sites (N-methyl/N-ethyl adjacent to an activating group) is 1. The predicted molar refractivity (Wildman–Crippen MR) is 92.2 cm³/mol. The van der Waals surface area contributed by atoms with Gasteiger partial charge in [0.2, 0.25) is 5.78 Å². The second-order valence-corrected chi connectivity index (χ2v) is 6.75. The summed E-state index contributed by atoms with van der Waals surface area (Å²) < 4.78 is 0. The Balaban J connectivity index is 1.88. The van der Waals surface area contributed by atoms with Gasteiger partial charge in [-0.05, 0) is 37.5 Å². The van der Waals surface area contributed by atoms with Crippen molar-refractivity contribution in [3.8, 4) is 0 Å². The van der Waals surface area contributed by atoms with Crippen molar-refractivity contribution in [1.82, 2.24) is 9.80 Å². The zero-order valence-corrected chi connectivity index (χ0v) is 14.0. The van der Waals surface area contributed by atoms with Crippen LogP contribution < -0.4 is 0 Å². The molecule has 0 unspecified atom stereocenters. The Morgan fingerprint density at radius 3 is 2.48 bits per heavy atom. The van der Waals surface area contributed by atoms with Crippen molar-refractivity contribution < 1.29 is 9.59 Å². The van der Waals surface area contributed by atoms with Crippen molar-refractivity contribution in [3.05, 3.63) is 57.8 Å². The summed E-state index contributed by atoms with van der Waals surface area (Å²) in [5, 5.41) is 1.88. The highest BCUT2D eigenvalue weighted by Gasteiger charge is 2.24. The largest absolute Gasteiger partial charge is 0.337 e. The van der Waals surface area contributed by atoms with Crippen LogP contribution in [0.4, 0.5) is 0 Å². The summed E-state index contributed by atoms with van der Waals surface area (Å²) >= 11 is 1.40. The van der Waals surface area contributed by atoms with Gasteiger partial charge in [-0.25, -0.2) is 0 Å². The number of hydrogen-bond acceptors (Lipinski definition) is 4. The van der Waals surface area contributed by atoms with E-state index in [1.165, 1.54) is 11.3 Å². The van der Waals surface area contributed by atoms with Crippen LogP contribution in [0.3, 0.4) is 0 Å². The number of thiophene rings is 1. The standard InChI is InChI=1S/C18H20N2O2S/c1-19-9-5-10-20(12-11-19)18(22)15-7-3-2-6-14(15)17(21)16-8-4-13-23-16/h2-4,6-8,13H,5,9-12H2,1H3. The van der Waals surface area contributed by atoms with Crippen LogP contribution >= 0.6 is 11.3 Å². The molecule has 0 saturated carbocycles. The van der Waals surface area contributed by atoms with Gasteiger partial charge >= 0.3 is 0 Å². The molecule has 0 aliphatic carbocycles. The normalized spacial score (nSPS) is 16.1. The van der Waals surface area contributed by atoms with Crippen molar-refractivity contribution >= 4 is 23.0 Å². The number of carbonyl (C=O) groups is 2. The Labute approximate surface area is 140 Å². The maximum Gasteiger partial charge on any atom is 0.254 e. The molecule has 0 spiro atoms. The fourth-order valence-electron chi connectivity index (χ4n) is 2.83. The zero-order valence-electron chi connectivity index (χ0n) is 13.2. The molecular weight excluding hydrogens is 308 g/mol. The molecule has 3 rings (SSSR count). The Hall–Kier alpha value is -1.98. The van der Waals surface area contributed by atoms with Crippen molar-refractivity contribution in [3.63, 3.8) is 0 Å². The summed E-state index contributed by atoms with van der Waals surface area (Å²) in [6.07, 6.45) is 0.962. The van der Waals surface area contributed by atoms with Crippen molar-refractivity contribution in [2.24, 2.45) is 0 Å². The Bertz CT molecular complexity index is 697. The molecule has 1 fully saturated rings. The van der Waals surface area contributed by atoms with E-state index in [9.17, 15) is 9.59 Å². The van der Waals surface area contributed by atoms with Crippen molar-refractivity contribution in [1.29, 1.82) is 0 Å². The lowest BCUT2D eigenvalue weighted by atomic mass is 10.0. The minimum Gasteiger partial charge on any atom is -0.337 e. The molecular formula is C18H20N2O2S. The summed E-state index contributed by atoms with van der Waals surface area (Å²) in [4.78, 5) is 30.3. The number of ketones is 1. The number of carbonyl (C=O) groups excluding carboxylic acids is 2. The molecule has 1 saturated heterocycles. The summed E-state index contributed by atoms with van der Waals surface area (Å²) in [7, 11) is 2.07. The van der Waals surface area contributed by atoms with Crippen LogP contribution in [-0.2, 0) is 0 Å². The second kappa shape index (κ2) is 7.06. The van der Waals surface area contributed by atoms with Crippen LogP contribution in [0.1, 0.15) is 32.0 Å². The summed E-state index contributed by atoms with van der Waals surface area (Å²) in [5.74, 6) is -0.114. The van der Waals surface area contributed by atoms with Crippen LogP contribution in [0.5, 0.6) is 0 Å². The van der Waals surface area contributed by atoms with Crippen molar-refractivity contribution in [2.45, 2.75) is 6.42 Å². The number of hydrogen-bond donors (Lipinski definition) is 0. The molecule has 1 amide bonds. The van der Waals surface area contributed by atoms with Gasteiger partial charge in [0, 0.05) is 25.2 Å². The topological polar surface area (TPSA) is 40.6 Å². The van der Waals surface area contributed by atoms with E-state index in [1.54, 1.807) is 18.2 Å². The van der Waals surface area contributed by atoms with Gasteiger partial charge in [0.15, 0.2) is 0 Å². The number of benzene rings is 1. The SMILES string of the molecule is CN1CCCN(C(=O)c2ccccc2C(=O)c2cccs2)CC1. The molecule has 0 atom stereocenters. The van der Waals surface area contributed by atoms with E-state index in [1.807, 2.05) is 28.5 Å².